The van der Waals surface area contributed by atoms with Gasteiger partial charge >= 0.3 is 0 Å². The van der Waals surface area contributed by atoms with E-state index in [1.54, 1.807) is 0 Å². The van der Waals surface area contributed by atoms with E-state index in [2.05, 4.69) is 20.8 Å². The lowest BCUT2D eigenvalue weighted by Gasteiger charge is -2.84. The van der Waals surface area contributed by atoms with Crippen molar-refractivity contribution in [3.8, 4) is 0 Å². The van der Waals surface area contributed by atoms with Crippen molar-refractivity contribution >= 4 is 0 Å². The molecule has 3 fully saturated rings. The molecular weight excluding hydrogens is 146 g/mol. The van der Waals surface area contributed by atoms with Gasteiger partial charge in [0.05, 0.1) is 0 Å². The van der Waals surface area contributed by atoms with Gasteiger partial charge < -0.3 is 5.73 Å². The molecule has 0 saturated heterocycles. The van der Waals surface area contributed by atoms with Crippen LogP contribution in [-0.4, -0.2) is 6.04 Å². The molecule has 3 saturated carbocycles. The second-order valence-corrected chi connectivity index (χ2v) is 5.76. The van der Waals surface area contributed by atoms with Crippen LogP contribution in [0.4, 0.5) is 0 Å². The lowest BCUT2D eigenvalue weighted by Crippen LogP contribution is -2.82. The van der Waals surface area contributed by atoms with E-state index in [0.29, 0.717) is 16.9 Å². The highest BCUT2D eigenvalue weighted by Crippen LogP contribution is 2.82. The summed E-state index contributed by atoms with van der Waals surface area (Å²) in [7, 11) is 0. The topological polar surface area (TPSA) is 26.0 Å². The Labute approximate surface area is 74.7 Å². The Morgan fingerprint density at radius 2 is 1.67 bits per heavy atom. The number of hydrogen-bond donors (Lipinski definition) is 1. The summed E-state index contributed by atoms with van der Waals surface area (Å²) < 4.78 is 0. The van der Waals surface area contributed by atoms with Gasteiger partial charge in [0.15, 0.2) is 0 Å². The van der Waals surface area contributed by atoms with Gasteiger partial charge in [-0.25, -0.2) is 0 Å². The van der Waals surface area contributed by atoms with Crippen molar-refractivity contribution in [2.24, 2.45) is 34.3 Å². The summed E-state index contributed by atoms with van der Waals surface area (Å²) in [6, 6.07) is 0.506. The molecular formula is C11H19N. The Hall–Kier alpha value is -0.0400. The van der Waals surface area contributed by atoms with Crippen molar-refractivity contribution in [1.82, 2.24) is 0 Å². The van der Waals surface area contributed by atoms with Crippen LogP contribution in [0.5, 0.6) is 0 Å². The van der Waals surface area contributed by atoms with Gasteiger partial charge in [0, 0.05) is 6.04 Å². The Morgan fingerprint density at radius 1 is 1.08 bits per heavy atom. The van der Waals surface area contributed by atoms with Gasteiger partial charge in [0.2, 0.25) is 0 Å². The van der Waals surface area contributed by atoms with Crippen molar-refractivity contribution in [2.75, 3.05) is 0 Å². The smallest absolute Gasteiger partial charge is 0.0104 e. The lowest BCUT2D eigenvalue weighted by atomic mass is 9.21. The molecule has 0 heterocycles. The van der Waals surface area contributed by atoms with Gasteiger partial charge in [-0.05, 0) is 41.4 Å². The first-order valence-corrected chi connectivity index (χ1v) is 5.28. The molecule has 3 rings (SSSR count). The van der Waals surface area contributed by atoms with Gasteiger partial charge in [-0.2, -0.15) is 0 Å². The molecule has 68 valence electrons. The quantitative estimate of drug-likeness (QED) is 0.584. The summed E-state index contributed by atoms with van der Waals surface area (Å²) in [5, 5.41) is 0. The molecule has 0 aromatic carbocycles. The lowest BCUT2D eigenvalue weighted by molar-refractivity contribution is -0.347. The summed E-state index contributed by atoms with van der Waals surface area (Å²) in [5.41, 5.74) is 7.28. The van der Waals surface area contributed by atoms with Crippen LogP contribution in [0.1, 0.15) is 33.6 Å². The highest BCUT2D eigenvalue weighted by atomic mass is 14.9. The van der Waals surface area contributed by atoms with Crippen LogP contribution in [0.3, 0.4) is 0 Å². The minimum atomic E-state index is 0.506. The maximum Gasteiger partial charge on any atom is 0.0104 e. The van der Waals surface area contributed by atoms with Gasteiger partial charge in [0.1, 0.15) is 0 Å². The van der Waals surface area contributed by atoms with Crippen molar-refractivity contribution in [3.63, 3.8) is 0 Å². The van der Waals surface area contributed by atoms with Gasteiger partial charge in [-0.15, -0.1) is 0 Å². The third-order valence-corrected chi connectivity index (χ3v) is 6.10. The number of fused-ring (bicyclic) bond motifs is 4. The minimum Gasteiger partial charge on any atom is -0.327 e. The first-order chi connectivity index (χ1) is 5.53. The largest absolute Gasteiger partial charge is 0.327 e. The van der Waals surface area contributed by atoms with Crippen LogP contribution >= 0.6 is 0 Å². The zero-order valence-electron chi connectivity index (χ0n) is 8.30. The fourth-order valence-corrected chi connectivity index (χ4v) is 4.75. The molecule has 0 bridgehead atoms. The molecule has 3 aliphatic carbocycles. The van der Waals surface area contributed by atoms with Crippen molar-refractivity contribution in [3.05, 3.63) is 0 Å². The van der Waals surface area contributed by atoms with Crippen molar-refractivity contribution < 1.29 is 0 Å². The van der Waals surface area contributed by atoms with Crippen molar-refractivity contribution in [2.45, 2.75) is 39.7 Å². The Bertz CT molecular complexity index is 223. The maximum atomic E-state index is 6.13. The monoisotopic (exact) mass is 165 g/mol. The summed E-state index contributed by atoms with van der Waals surface area (Å²) in [6.45, 7) is 7.31. The molecule has 1 nitrogen and oxygen atoms in total. The second kappa shape index (κ2) is 1.61. The van der Waals surface area contributed by atoms with E-state index in [4.69, 9.17) is 5.73 Å². The molecule has 0 spiro atoms. The molecule has 0 aliphatic heterocycles. The number of nitrogens with two attached hydrogens (primary N) is 1. The van der Waals surface area contributed by atoms with Crippen LogP contribution in [0, 0.1) is 28.6 Å². The first-order valence-electron chi connectivity index (χ1n) is 5.28. The molecule has 6 unspecified atom stereocenters. The molecule has 0 amide bonds. The van der Waals surface area contributed by atoms with E-state index in [1.165, 1.54) is 12.8 Å². The first kappa shape index (κ1) is 7.37. The highest BCUT2D eigenvalue weighted by molar-refractivity contribution is 5.29. The van der Waals surface area contributed by atoms with Crippen LogP contribution in [-0.2, 0) is 0 Å². The molecule has 12 heavy (non-hydrogen) atoms. The Kier molecular flexibility index (Phi) is 0.991. The molecule has 2 N–H and O–H groups in total. The Balaban J connectivity index is 1.97. The summed E-state index contributed by atoms with van der Waals surface area (Å²) >= 11 is 0. The Morgan fingerprint density at radius 3 is 2.08 bits per heavy atom. The zero-order chi connectivity index (χ0) is 8.72. The predicted molar refractivity (Wildman–Crippen MR) is 49.6 cm³/mol. The average Bonchev–Trinajstić information content (AvgIpc) is 2.07. The fourth-order valence-electron chi connectivity index (χ4n) is 4.75. The summed E-state index contributed by atoms with van der Waals surface area (Å²) in [6.07, 6.45) is 2.78. The zero-order valence-corrected chi connectivity index (χ0v) is 8.30. The van der Waals surface area contributed by atoms with Crippen LogP contribution in [0.2, 0.25) is 0 Å². The predicted octanol–water partition coefficient (Wildman–Crippen LogP) is 2.02. The highest BCUT2D eigenvalue weighted by Gasteiger charge is 2.79. The van der Waals surface area contributed by atoms with Gasteiger partial charge in [-0.3, -0.25) is 0 Å². The van der Waals surface area contributed by atoms with Gasteiger partial charge in [0.25, 0.3) is 0 Å². The maximum absolute atomic E-state index is 6.13. The normalized spacial score (nSPS) is 73.0. The molecule has 6 atom stereocenters. The summed E-state index contributed by atoms with van der Waals surface area (Å²) in [4.78, 5) is 0. The molecule has 0 aromatic rings. The van der Waals surface area contributed by atoms with E-state index in [0.717, 1.165) is 17.8 Å². The van der Waals surface area contributed by atoms with E-state index in [1.807, 2.05) is 0 Å². The molecule has 0 aromatic heterocycles. The van der Waals surface area contributed by atoms with E-state index in [-0.39, 0.29) is 0 Å². The molecule has 3 aliphatic rings. The van der Waals surface area contributed by atoms with Crippen molar-refractivity contribution in [1.29, 1.82) is 0 Å². The van der Waals surface area contributed by atoms with Gasteiger partial charge in [-0.1, -0.05) is 20.8 Å². The average molecular weight is 165 g/mol. The molecule has 1 heteroatoms. The van der Waals surface area contributed by atoms with Crippen LogP contribution in [0.15, 0.2) is 0 Å². The summed E-state index contributed by atoms with van der Waals surface area (Å²) in [5.74, 6) is 2.96. The standard InChI is InChI=1S/C11H19N/c1-6-4-7-8-5-9(12)11(8,3)10(6,7)2/h6-9H,4-5,12H2,1-3H3. The number of hydrogen-bond acceptors (Lipinski definition) is 1. The van der Waals surface area contributed by atoms with Crippen LogP contribution < -0.4 is 5.73 Å². The number of rotatable bonds is 0. The molecule has 0 radical (unpaired) electrons. The third kappa shape index (κ3) is 0.396. The SMILES string of the molecule is CC1CC2C3CC(N)C3(C)C12C. The minimum absolute atomic E-state index is 0.506. The van der Waals surface area contributed by atoms with E-state index in [9.17, 15) is 0 Å². The second-order valence-electron chi connectivity index (χ2n) is 5.76. The third-order valence-electron chi connectivity index (χ3n) is 6.10. The van der Waals surface area contributed by atoms with E-state index < -0.39 is 0 Å². The van der Waals surface area contributed by atoms with E-state index >= 15 is 0 Å². The van der Waals surface area contributed by atoms with Crippen LogP contribution in [0.25, 0.3) is 0 Å². The fraction of sp³-hybridized carbons (Fsp3) is 1.00.